The molecule has 1 aromatic rings. The van der Waals surface area contributed by atoms with Crippen molar-refractivity contribution in [2.45, 2.75) is 59.6 Å². The highest BCUT2D eigenvalue weighted by Crippen LogP contribution is 2.17. The lowest BCUT2D eigenvalue weighted by Gasteiger charge is -2.36. The molecule has 2 N–H and O–H groups in total. The van der Waals surface area contributed by atoms with Gasteiger partial charge in [-0.2, -0.15) is 0 Å². The summed E-state index contributed by atoms with van der Waals surface area (Å²) in [6.07, 6.45) is 1.31. The van der Waals surface area contributed by atoms with Gasteiger partial charge in [0.2, 0.25) is 0 Å². The number of aliphatic imine (C=N–C) groups is 1. The van der Waals surface area contributed by atoms with E-state index in [9.17, 15) is 4.79 Å². The van der Waals surface area contributed by atoms with Crippen LogP contribution in [0.1, 0.15) is 51.6 Å². The number of hydrogen-bond acceptors (Lipinski definition) is 5. The third kappa shape index (κ3) is 5.12. The quantitative estimate of drug-likeness (QED) is 0.649. The number of carbonyl (C=O) groups excluding carboxylic acids is 1. The van der Waals surface area contributed by atoms with Gasteiger partial charge < -0.3 is 24.8 Å². The second-order valence-electron chi connectivity index (χ2n) is 7.37. The Hall–Kier alpha value is -2.25. The monoisotopic (exact) mass is 365 g/mol. The molecule has 1 aliphatic heterocycles. The SMILES string of the molecule is CCc1noc(CC)c1CN=C(N)N1CCN(C(=O)OC(C)(C)C)CC1. The number of aromatic nitrogens is 1. The third-order valence-electron chi connectivity index (χ3n) is 4.26. The molecule has 0 atom stereocenters. The predicted molar refractivity (Wildman–Crippen MR) is 100.0 cm³/mol. The Balaban J connectivity index is 1.92. The van der Waals surface area contributed by atoms with Crippen LogP contribution in [-0.4, -0.2) is 58.8 Å². The molecule has 1 amide bonds. The van der Waals surface area contributed by atoms with Crippen molar-refractivity contribution in [2.75, 3.05) is 26.2 Å². The van der Waals surface area contributed by atoms with Crippen molar-refractivity contribution in [2.24, 2.45) is 10.7 Å². The molecule has 0 aromatic carbocycles. The van der Waals surface area contributed by atoms with Gasteiger partial charge in [-0.25, -0.2) is 9.79 Å². The van der Waals surface area contributed by atoms with E-state index in [1.54, 1.807) is 4.90 Å². The van der Waals surface area contributed by atoms with Gasteiger partial charge in [0, 0.05) is 38.2 Å². The number of carbonyl (C=O) groups is 1. The Bertz CT molecular complexity index is 618. The van der Waals surface area contributed by atoms with E-state index in [0.29, 0.717) is 38.7 Å². The number of hydrogen-bond donors (Lipinski definition) is 1. The van der Waals surface area contributed by atoms with E-state index < -0.39 is 5.60 Å². The molecule has 0 spiro atoms. The Labute approximate surface area is 155 Å². The fraction of sp³-hybridized carbons (Fsp3) is 0.722. The molecule has 0 saturated carbocycles. The first-order valence-electron chi connectivity index (χ1n) is 9.24. The highest BCUT2D eigenvalue weighted by atomic mass is 16.6. The smallest absolute Gasteiger partial charge is 0.410 e. The lowest BCUT2D eigenvalue weighted by atomic mass is 10.1. The summed E-state index contributed by atoms with van der Waals surface area (Å²) in [5, 5.41) is 4.10. The maximum absolute atomic E-state index is 12.1. The van der Waals surface area contributed by atoms with Crippen molar-refractivity contribution in [1.29, 1.82) is 0 Å². The summed E-state index contributed by atoms with van der Waals surface area (Å²) < 4.78 is 10.8. The van der Waals surface area contributed by atoms with E-state index >= 15 is 0 Å². The van der Waals surface area contributed by atoms with Crippen molar-refractivity contribution >= 4 is 12.1 Å². The molecule has 0 aliphatic carbocycles. The largest absolute Gasteiger partial charge is 0.444 e. The first-order chi connectivity index (χ1) is 12.2. The van der Waals surface area contributed by atoms with Gasteiger partial charge in [0.1, 0.15) is 11.4 Å². The van der Waals surface area contributed by atoms with Gasteiger partial charge in [-0.15, -0.1) is 0 Å². The van der Waals surface area contributed by atoms with Crippen LogP contribution in [0.15, 0.2) is 9.52 Å². The summed E-state index contributed by atoms with van der Waals surface area (Å²) in [6, 6.07) is 0. The van der Waals surface area contributed by atoms with Crippen LogP contribution < -0.4 is 5.73 Å². The predicted octanol–water partition coefficient (Wildman–Crippen LogP) is 2.17. The van der Waals surface area contributed by atoms with Gasteiger partial charge in [0.15, 0.2) is 5.96 Å². The number of aryl methyl sites for hydroxylation is 2. The molecular formula is C18H31N5O3. The van der Waals surface area contributed by atoms with E-state index in [4.69, 9.17) is 15.0 Å². The molecule has 1 saturated heterocycles. The zero-order valence-electron chi connectivity index (χ0n) is 16.5. The van der Waals surface area contributed by atoms with E-state index in [2.05, 4.69) is 10.1 Å². The minimum atomic E-state index is -0.485. The number of rotatable bonds is 4. The summed E-state index contributed by atoms with van der Waals surface area (Å²) in [5.41, 5.74) is 7.65. The van der Waals surface area contributed by atoms with Crippen molar-refractivity contribution in [1.82, 2.24) is 15.0 Å². The zero-order valence-corrected chi connectivity index (χ0v) is 16.5. The van der Waals surface area contributed by atoms with E-state index in [1.165, 1.54) is 0 Å². The van der Waals surface area contributed by atoms with Crippen LogP contribution in [0.3, 0.4) is 0 Å². The molecule has 0 unspecified atom stereocenters. The van der Waals surface area contributed by atoms with Crippen LogP contribution in [0.4, 0.5) is 4.79 Å². The van der Waals surface area contributed by atoms with Gasteiger partial charge in [0.05, 0.1) is 12.2 Å². The molecule has 26 heavy (non-hydrogen) atoms. The second-order valence-corrected chi connectivity index (χ2v) is 7.37. The highest BCUT2D eigenvalue weighted by molar-refractivity contribution is 5.78. The van der Waals surface area contributed by atoms with Crippen molar-refractivity contribution in [3.63, 3.8) is 0 Å². The summed E-state index contributed by atoms with van der Waals surface area (Å²) >= 11 is 0. The van der Waals surface area contributed by atoms with E-state index in [1.807, 2.05) is 39.5 Å². The second kappa shape index (κ2) is 8.42. The summed E-state index contributed by atoms with van der Waals surface area (Å²) in [5.74, 6) is 1.35. The molecule has 1 aromatic heterocycles. The van der Waals surface area contributed by atoms with Gasteiger partial charge in [-0.1, -0.05) is 19.0 Å². The van der Waals surface area contributed by atoms with Gasteiger partial charge in [0.25, 0.3) is 0 Å². The molecule has 1 fully saturated rings. The average Bonchev–Trinajstić information content (AvgIpc) is 3.00. The summed E-state index contributed by atoms with van der Waals surface area (Å²) in [7, 11) is 0. The fourth-order valence-corrected chi connectivity index (χ4v) is 2.82. The minimum absolute atomic E-state index is 0.280. The van der Waals surface area contributed by atoms with E-state index in [-0.39, 0.29) is 6.09 Å². The van der Waals surface area contributed by atoms with Crippen LogP contribution in [0.25, 0.3) is 0 Å². The van der Waals surface area contributed by atoms with Crippen LogP contribution >= 0.6 is 0 Å². The topological polar surface area (TPSA) is 97.2 Å². The third-order valence-corrected chi connectivity index (χ3v) is 4.26. The van der Waals surface area contributed by atoms with Crippen molar-refractivity contribution in [3.05, 3.63) is 17.0 Å². The van der Waals surface area contributed by atoms with Gasteiger partial charge in [-0.05, 0) is 27.2 Å². The fourth-order valence-electron chi connectivity index (χ4n) is 2.82. The van der Waals surface area contributed by atoms with Crippen LogP contribution in [0.2, 0.25) is 0 Å². The van der Waals surface area contributed by atoms with Crippen molar-refractivity contribution in [3.8, 4) is 0 Å². The number of amides is 1. The summed E-state index contributed by atoms with van der Waals surface area (Å²) in [4.78, 5) is 20.3. The molecule has 2 rings (SSSR count). The number of guanidine groups is 1. The van der Waals surface area contributed by atoms with Crippen LogP contribution in [0.5, 0.6) is 0 Å². The van der Waals surface area contributed by atoms with Gasteiger partial charge in [-0.3, -0.25) is 0 Å². The molecule has 146 valence electrons. The van der Waals surface area contributed by atoms with Crippen LogP contribution in [-0.2, 0) is 24.1 Å². The Morgan fingerprint density at radius 2 is 1.81 bits per heavy atom. The Morgan fingerprint density at radius 3 is 2.35 bits per heavy atom. The van der Waals surface area contributed by atoms with Crippen molar-refractivity contribution < 1.29 is 14.1 Å². The molecule has 1 aliphatic rings. The standard InChI is InChI=1S/C18H31N5O3/c1-6-14-13(15(7-2)26-21-14)12-20-16(19)22-8-10-23(11-9-22)17(24)25-18(3,4)5/h6-12H2,1-5H3,(H2,19,20). The van der Waals surface area contributed by atoms with E-state index in [0.717, 1.165) is 29.9 Å². The summed E-state index contributed by atoms with van der Waals surface area (Å²) in [6.45, 7) is 12.6. The number of nitrogens with two attached hydrogens (primary N) is 1. The van der Waals surface area contributed by atoms with Crippen LogP contribution in [0, 0.1) is 0 Å². The first kappa shape index (κ1) is 20.1. The Morgan fingerprint density at radius 1 is 1.19 bits per heavy atom. The average molecular weight is 365 g/mol. The minimum Gasteiger partial charge on any atom is -0.444 e. The Kier molecular flexibility index (Phi) is 6.50. The number of nitrogens with zero attached hydrogens (tertiary/aromatic N) is 4. The molecule has 0 radical (unpaired) electrons. The maximum atomic E-state index is 12.1. The molecule has 0 bridgehead atoms. The zero-order chi connectivity index (χ0) is 19.3. The first-order valence-corrected chi connectivity index (χ1v) is 9.24. The normalized spacial score (nSPS) is 16.1. The molecule has 2 heterocycles. The molecular weight excluding hydrogens is 334 g/mol. The molecule has 8 heteroatoms. The lowest BCUT2D eigenvalue weighted by molar-refractivity contribution is 0.0186. The lowest BCUT2D eigenvalue weighted by Crippen LogP contribution is -2.53. The van der Waals surface area contributed by atoms with Gasteiger partial charge >= 0.3 is 6.09 Å². The highest BCUT2D eigenvalue weighted by Gasteiger charge is 2.26. The maximum Gasteiger partial charge on any atom is 0.410 e. The number of ether oxygens (including phenoxy) is 1. The molecule has 8 nitrogen and oxygen atoms in total. The number of piperazine rings is 1.